The number of aryl methyl sites for hydroxylation is 1. The van der Waals surface area contributed by atoms with Crippen molar-refractivity contribution in [3.05, 3.63) is 29.6 Å². The molecule has 1 aromatic rings. The van der Waals surface area contributed by atoms with E-state index in [2.05, 4.69) is 24.1 Å². The highest BCUT2D eigenvalue weighted by Gasteiger charge is 2.19. The lowest BCUT2D eigenvalue weighted by molar-refractivity contribution is 0.283. The standard InChI is InChI=1S/C14H21FN2/c1-3-17(4-2)10-13-7-5-11-9-12(15)6-8-14(11)16-13/h6,8-9,13,16H,3-5,7,10H2,1-2H3. The Bertz CT molecular complexity index is 374. The van der Waals surface area contributed by atoms with Gasteiger partial charge in [-0.25, -0.2) is 4.39 Å². The van der Waals surface area contributed by atoms with E-state index in [4.69, 9.17) is 0 Å². The van der Waals surface area contributed by atoms with Crippen LogP contribution in [0.4, 0.5) is 10.1 Å². The smallest absolute Gasteiger partial charge is 0.123 e. The SMILES string of the molecule is CCN(CC)CC1CCc2cc(F)ccc2N1. The molecule has 1 aromatic carbocycles. The number of hydrogen-bond acceptors (Lipinski definition) is 2. The fraction of sp³-hybridized carbons (Fsp3) is 0.571. The molecule has 0 amide bonds. The van der Waals surface area contributed by atoms with Gasteiger partial charge in [-0.05, 0) is 49.7 Å². The van der Waals surface area contributed by atoms with Crippen molar-refractivity contribution in [3.8, 4) is 0 Å². The number of nitrogens with zero attached hydrogens (tertiary/aromatic N) is 1. The Morgan fingerprint density at radius 2 is 2.12 bits per heavy atom. The van der Waals surface area contributed by atoms with E-state index in [0.717, 1.165) is 43.7 Å². The lowest BCUT2D eigenvalue weighted by Crippen LogP contribution is -2.38. The third-order valence-corrected chi connectivity index (χ3v) is 3.56. The van der Waals surface area contributed by atoms with Crippen molar-refractivity contribution >= 4 is 5.69 Å². The fourth-order valence-corrected chi connectivity index (χ4v) is 2.46. The van der Waals surface area contributed by atoms with E-state index in [1.54, 1.807) is 6.07 Å². The summed E-state index contributed by atoms with van der Waals surface area (Å²) in [5.74, 6) is -0.132. The summed E-state index contributed by atoms with van der Waals surface area (Å²) in [6.45, 7) is 7.63. The van der Waals surface area contributed by atoms with Crippen molar-refractivity contribution in [3.63, 3.8) is 0 Å². The van der Waals surface area contributed by atoms with E-state index < -0.39 is 0 Å². The molecule has 1 atom stereocenters. The Morgan fingerprint density at radius 1 is 1.35 bits per heavy atom. The number of benzene rings is 1. The molecule has 0 aliphatic carbocycles. The van der Waals surface area contributed by atoms with Gasteiger partial charge < -0.3 is 10.2 Å². The van der Waals surface area contributed by atoms with E-state index in [1.807, 2.05) is 6.07 Å². The summed E-state index contributed by atoms with van der Waals surface area (Å²) >= 11 is 0. The monoisotopic (exact) mass is 236 g/mol. The fourth-order valence-electron chi connectivity index (χ4n) is 2.46. The first-order valence-corrected chi connectivity index (χ1v) is 6.50. The Balaban J connectivity index is 2.01. The predicted molar refractivity (Wildman–Crippen MR) is 69.9 cm³/mol. The van der Waals surface area contributed by atoms with E-state index in [1.165, 1.54) is 6.07 Å². The summed E-state index contributed by atoms with van der Waals surface area (Å²) in [4.78, 5) is 2.42. The van der Waals surface area contributed by atoms with Crippen LogP contribution in [0.5, 0.6) is 0 Å². The molecule has 1 unspecified atom stereocenters. The van der Waals surface area contributed by atoms with Crippen molar-refractivity contribution in [1.29, 1.82) is 0 Å². The maximum atomic E-state index is 13.1. The van der Waals surface area contributed by atoms with Gasteiger partial charge in [0.25, 0.3) is 0 Å². The number of likely N-dealkylation sites (N-methyl/N-ethyl adjacent to an activating group) is 1. The molecule has 0 saturated heterocycles. The first-order valence-electron chi connectivity index (χ1n) is 6.50. The molecule has 0 fully saturated rings. The zero-order valence-corrected chi connectivity index (χ0v) is 10.7. The van der Waals surface area contributed by atoms with Gasteiger partial charge in [0, 0.05) is 18.3 Å². The molecule has 0 aromatic heterocycles. The van der Waals surface area contributed by atoms with Gasteiger partial charge in [0.1, 0.15) is 5.82 Å². The van der Waals surface area contributed by atoms with Gasteiger partial charge in [-0.1, -0.05) is 13.8 Å². The van der Waals surface area contributed by atoms with Crippen molar-refractivity contribution in [2.24, 2.45) is 0 Å². The van der Waals surface area contributed by atoms with Crippen LogP contribution in [0.25, 0.3) is 0 Å². The number of hydrogen-bond donors (Lipinski definition) is 1. The average molecular weight is 236 g/mol. The summed E-state index contributed by atoms with van der Waals surface area (Å²) in [7, 11) is 0. The van der Waals surface area contributed by atoms with Crippen LogP contribution in [0.2, 0.25) is 0 Å². The van der Waals surface area contributed by atoms with E-state index in [9.17, 15) is 4.39 Å². The molecule has 1 heterocycles. The zero-order chi connectivity index (χ0) is 12.3. The van der Waals surface area contributed by atoms with E-state index in [0.29, 0.717) is 6.04 Å². The van der Waals surface area contributed by atoms with Crippen LogP contribution in [-0.2, 0) is 6.42 Å². The summed E-state index contributed by atoms with van der Waals surface area (Å²) in [6, 6.07) is 5.54. The van der Waals surface area contributed by atoms with Gasteiger partial charge in [0.05, 0.1) is 0 Å². The van der Waals surface area contributed by atoms with Gasteiger partial charge >= 0.3 is 0 Å². The summed E-state index contributed by atoms with van der Waals surface area (Å²) in [5.41, 5.74) is 2.22. The molecule has 1 aliphatic rings. The average Bonchev–Trinajstić information content (AvgIpc) is 2.36. The van der Waals surface area contributed by atoms with Gasteiger partial charge in [-0.2, -0.15) is 0 Å². The second-order valence-electron chi connectivity index (χ2n) is 4.67. The third kappa shape index (κ3) is 2.97. The molecule has 3 heteroatoms. The number of nitrogens with one attached hydrogen (secondary N) is 1. The maximum Gasteiger partial charge on any atom is 0.123 e. The van der Waals surface area contributed by atoms with Crippen LogP contribution in [0.3, 0.4) is 0 Å². The minimum absolute atomic E-state index is 0.132. The largest absolute Gasteiger partial charge is 0.381 e. The minimum Gasteiger partial charge on any atom is -0.381 e. The van der Waals surface area contributed by atoms with Crippen LogP contribution >= 0.6 is 0 Å². The van der Waals surface area contributed by atoms with Crippen LogP contribution < -0.4 is 5.32 Å². The quantitative estimate of drug-likeness (QED) is 0.864. The molecule has 0 saturated carbocycles. The Hall–Kier alpha value is -1.09. The summed E-state index contributed by atoms with van der Waals surface area (Å²) in [6.07, 6.45) is 2.07. The molecular weight excluding hydrogens is 215 g/mol. The zero-order valence-electron chi connectivity index (χ0n) is 10.7. The Labute approximate surface area is 103 Å². The van der Waals surface area contributed by atoms with E-state index in [-0.39, 0.29) is 5.82 Å². The second-order valence-corrected chi connectivity index (χ2v) is 4.67. The molecule has 94 valence electrons. The normalized spacial score (nSPS) is 18.9. The summed E-state index contributed by atoms with van der Waals surface area (Å²) in [5, 5.41) is 3.51. The van der Waals surface area contributed by atoms with Crippen molar-refractivity contribution in [2.75, 3.05) is 25.0 Å². The topological polar surface area (TPSA) is 15.3 Å². The lowest BCUT2D eigenvalue weighted by Gasteiger charge is -2.31. The highest BCUT2D eigenvalue weighted by molar-refractivity contribution is 5.54. The lowest BCUT2D eigenvalue weighted by atomic mass is 9.97. The molecule has 0 bridgehead atoms. The Morgan fingerprint density at radius 3 is 2.82 bits per heavy atom. The molecule has 1 N–H and O–H groups in total. The van der Waals surface area contributed by atoms with Gasteiger partial charge in [0.15, 0.2) is 0 Å². The highest BCUT2D eigenvalue weighted by atomic mass is 19.1. The molecule has 2 rings (SSSR count). The maximum absolute atomic E-state index is 13.1. The van der Waals surface area contributed by atoms with Crippen LogP contribution in [0.15, 0.2) is 18.2 Å². The minimum atomic E-state index is -0.132. The van der Waals surface area contributed by atoms with Gasteiger partial charge in [0.2, 0.25) is 0 Å². The van der Waals surface area contributed by atoms with E-state index >= 15 is 0 Å². The summed E-state index contributed by atoms with van der Waals surface area (Å²) < 4.78 is 13.1. The van der Waals surface area contributed by atoms with Gasteiger partial charge in [-0.15, -0.1) is 0 Å². The molecule has 0 radical (unpaired) electrons. The number of fused-ring (bicyclic) bond motifs is 1. The molecule has 17 heavy (non-hydrogen) atoms. The first-order chi connectivity index (χ1) is 8.22. The van der Waals surface area contributed by atoms with Crippen LogP contribution in [0, 0.1) is 5.82 Å². The second kappa shape index (κ2) is 5.50. The number of halogens is 1. The molecular formula is C14H21FN2. The van der Waals surface area contributed by atoms with Crippen LogP contribution in [0.1, 0.15) is 25.8 Å². The van der Waals surface area contributed by atoms with Crippen molar-refractivity contribution in [1.82, 2.24) is 4.90 Å². The van der Waals surface area contributed by atoms with Gasteiger partial charge in [-0.3, -0.25) is 0 Å². The van der Waals surface area contributed by atoms with Crippen molar-refractivity contribution in [2.45, 2.75) is 32.7 Å². The van der Waals surface area contributed by atoms with Crippen molar-refractivity contribution < 1.29 is 4.39 Å². The highest BCUT2D eigenvalue weighted by Crippen LogP contribution is 2.25. The number of anilines is 1. The number of rotatable bonds is 4. The van der Waals surface area contributed by atoms with Crippen LogP contribution in [-0.4, -0.2) is 30.6 Å². The third-order valence-electron chi connectivity index (χ3n) is 3.56. The first kappa shape index (κ1) is 12.4. The molecule has 1 aliphatic heterocycles. The molecule has 0 spiro atoms. The Kier molecular flexibility index (Phi) is 4.00. The predicted octanol–water partition coefficient (Wildman–Crippen LogP) is 2.89. The molecule has 2 nitrogen and oxygen atoms in total.